The summed E-state index contributed by atoms with van der Waals surface area (Å²) in [5.74, 6) is 0.769. The van der Waals surface area contributed by atoms with E-state index in [2.05, 4.69) is 15.3 Å². The van der Waals surface area contributed by atoms with Crippen LogP contribution in [0.4, 0.5) is 17.2 Å². The molecule has 2 aromatic heterocycles. The van der Waals surface area contributed by atoms with Crippen molar-refractivity contribution >= 4 is 17.2 Å². The van der Waals surface area contributed by atoms with Crippen molar-refractivity contribution in [1.82, 2.24) is 9.97 Å². The van der Waals surface area contributed by atoms with E-state index in [9.17, 15) is 0 Å². The van der Waals surface area contributed by atoms with E-state index < -0.39 is 0 Å². The van der Waals surface area contributed by atoms with Crippen LogP contribution in [0.2, 0.25) is 0 Å². The molecule has 2 aromatic rings. The summed E-state index contributed by atoms with van der Waals surface area (Å²) in [4.78, 5) is 8.03. The summed E-state index contributed by atoms with van der Waals surface area (Å²) in [5.41, 5.74) is 7.14. The van der Waals surface area contributed by atoms with Crippen molar-refractivity contribution in [3.63, 3.8) is 0 Å². The molecule has 0 unspecified atom stereocenters. The number of nitrogens with one attached hydrogen (secondary N) is 1. The largest absolute Gasteiger partial charge is 0.396 e. The first-order valence-electron chi connectivity index (χ1n) is 5.24. The van der Waals surface area contributed by atoms with E-state index in [0.717, 1.165) is 11.5 Å². The van der Waals surface area contributed by atoms with E-state index in [1.165, 1.54) is 0 Å². The zero-order valence-electron chi connectivity index (χ0n) is 9.51. The second-order valence-corrected chi connectivity index (χ2v) is 2.80. The number of rotatable bonds is 2. The van der Waals surface area contributed by atoms with Crippen LogP contribution in [0, 0.1) is 0 Å². The normalized spacial score (nSPS) is 8.88. The molecule has 3 N–H and O–H groups in total. The van der Waals surface area contributed by atoms with Crippen LogP contribution in [0.25, 0.3) is 0 Å². The molecule has 4 nitrogen and oxygen atoms in total. The number of hydrogen-bond donors (Lipinski definition) is 2. The first kappa shape index (κ1) is 12.0. The van der Waals surface area contributed by atoms with E-state index >= 15 is 0 Å². The quantitative estimate of drug-likeness (QED) is 0.810. The van der Waals surface area contributed by atoms with Crippen LogP contribution in [0.1, 0.15) is 13.8 Å². The molecule has 2 rings (SSSR count). The number of anilines is 3. The minimum Gasteiger partial charge on any atom is -0.396 e. The Morgan fingerprint density at radius 1 is 1.12 bits per heavy atom. The van der Waals surface area contributed by atoms with Crippen molar-refractivity contribution in [1.29, 1.82) is 0 Å². The van der Waals surface area contributed by atoms with Crippen molar-refractivity contribution < 1.29 is 0 Å². The van der Waals surface area contributed by atoms with Crippen LogP contribution in [0.3, 0.4) is 0 Å². The molecule has 0 aliphatic carbocycles. The lowest BCUT2D eigenvalue weighted by Crippen LogP contribution is -1.97. The summed E-state index contributed by atoms with van der Waals surface area (Å²) >= 11 is 0. The zero-order valence-corrected chi connectivity index (χ0v) is 9.51. The molecular weight excluding hydrogens is 200 g/mol. The highest BCUT2D eigenvalue weighted by atomic mass is 15.0. The highest BCUT2D eigenvalue weighted by Crippen LogP contribution is 2.19. The third-order valence-corrected chi connectivity index (χ3v) is 1.78. The van der Waals surface area contributed by atoms with Gasteiger partial charge in [0, 0.05) is 12.4 Å². The average Bonchev–Trinajstić information content (AvgIpc) is 2.36. The SMILES string of the molecule is CC.Nc1cnccc1Nc1ccccn1. The van der Waals surface area contributed by atoms with Gasteiger partial charge in [-0.3, -0.25) is 4.98 Å². The number of nitrogen functional groups attached to an aromatic ring is 1. The lowest BCUT2D eigenvalue weighted by molar-refractivity contribution is 1.29. The number of nitrogens with zero attached hydrogens (tertiary/aromatic N) is 2. The molecule has 16 heavy (non-hydrogen) atoms. The number of pyridine rings is 2. The Balaban J connectivity index is 0.000000606. The number of hydrogen-bond acceptors (Lipinski definition) is 4. The summed E-state index contributed by atoms with van der Waals surface area (Å²) in [6.07, 6.45) is 5.01. The van der Waals surface area contributed by atoms with E-state index in [4.69, 9.17) is 5.73 Å². The standard InChI is InChI=1S/C10H10N4.C2H6/c11-8-7-12-6-4-9(8)14-10-3-1-2-5-13-10;1-2/h1-7H,11H2,(H,12,13,14);1-2H3. The van der Waals surface area contributed by atoms with Crippen LogP contribution in [0.15, 0.2) is 42.9 Å². The number of aromatic nitrogens is 2. The molecule has 0 aliphatic heterocycles. The van der Waals surface area contributed by atoms with Crippen LogP contribution in [0.5, 0.6) is 0 Å². The lowest BCUT2D eigenvalue weighted by atomic mass is 10.3. The van der Waals surface area contributed by atoms with E-state index in [1.54, 1.807) is 18.6 Å². The molecule has 0 saturated heterocycles. The predicted octanol–water partition coefficient (Wildman–Crippen LogP) is 2.83. The molecule has 84 valence electrons. The molecule has 2 heterocycles. The second-order valence-electron chi connectivity index (χ2n) is 2.80. The molecule has 0 spiro atoms. The Hall–Kier alpha value is -2.10. The van der Waals surface area contributed by atoms with Gasteiger partial charge < -0.3 is 11.1 Å². The van der Waals surface area contributed by atoms with Gasteiger partial charge in [-0.05, 0) is 18.2 Å². The Morgan fingerprint density at radius 3 is 2.56 bits per heavy atom. The van der Waals surface area contributed by atoms with Crippen LogP contribution >= 0.6 is 0 Å². The zero-order chi connectivity index (χ0) is 11.8. The highest BCUT2D eigenvalue weighted by molar-refractivity contribution is 5.69. The molecule has 0 fully saturated rings. The van der Waals surface area contributed by atoms with Crippen molar-refractivity contribution in [3.8, 4) is 0 Å². The third-order valence-electron chi connectivity index (χ3n) is 1.78. The Kier molecular flexibility index (Phi) is 4.79. The summed E-state index contributed by atoms with van der Waals surface area (Å²) in [6.45, 7) is 4.00. The Labute approximate surface area is 95.6 Å². The summed E-state index contributed by atoms with van der Waals surface area (Å²) < 4.78 is 0. The number of nitrogens with two attached hydrogens (primary N) is 1. The molecule has 0 atom stereocenters. The van der Waals surface area contributed by atoms with E-state index in [-0.39, 0.29) is 0 Å². The van der Waals surface area contributed by atoms with Gasteiger partial charge in [0.1, 0.15) is 5.82 Å². The summed E-state index contributed by atoms with van der Waals surface area (Å²) in [5, 5.41) is 3.10. The van der Waals surface area contributed by atoms with Gasteiger partial charge in [0.2, 0.25) is 0 Å². The smallest absolute Gasteiger partial charge is 0.130 e. The molecule has 0 aliphatic rings. The van der Waals surface area contributed by atoms with Gasteiger partial charge in [0.25, 0.3) is 0 Å². The fraction of sp³-hybridized carbons (Fsp3) is 0.167. The molecule has 0 bridgehead atoms. The molecule has 4 heteroatoms. The monoisotopic (exact) mass is 216 g/mol. The Bertz CT molecular complexity index is 414. The topological polar surface area (TPSA) is 63.8 Å². The van der Waals surface area contributed by atoms with Gasteiger partial charge in [0.15, 0.2) is 0 Å². The molecule has 0 amide bonds. The fourth-order valence-electron chi connectivity index (χ4n) is 1.10. The van der Waals surface area contributed by atoms with Gasteiger partial charge in [-0.2, -0.15) is 0 Å². The van der Waals surface area contributed by atoms with E-state index in [1.807, 2.05) is 38.1 Å². The van der Waals surface area contributed by atoms with Gasteiger partial charge in [-0.1, -0.05) is 19.9 Å². The third kappa shape index (κ3) is 3.24. The lowest BCUT2D eigenvalue weighted by Gasteiger charge is -2.06. The van der Waals surface area contributed by atoms with Gasteiger partial charge in [0.05, 0.1) is 17.6 Å². The first-order valence-corrected chi connectivity index (χ1v) is 5.24. The minimum absolute atomic E-state index is 0.609. The molecule has 0 aromatic carbocycles. The van der Waals surface area contributed by atoms with Crippen molar-refractivity contribution in [2.75, 3.05) is 11.1 Å². The van der Waals surface area contributed by atoms with Gasteiger partial charge in [-0.25, -0.2) is 4.98 Å². The Morgan fingerprint density at radius 2 is 1.94 bits per heavy atom. The minimum atomic E-state index is 0.609. The van der Waals surface area contributed by atoms with Crippen LogP contribution < -0.4 is 11.1 Å². The maximum atomic E-state index is 5.72. The molecule has 0 saturated carbocycles. The van der Waals surface area contributed by atoms with Crippen LogP contribution in [-0.4, -0.2) is 9.97 Å². The summed E-state index contributed by atoms with van der Waals surface area (Å²) in [7, 11) is 0. The van der Waals surface area contributed by atoms with Crippen LogP contribution in [-0.2, 0) is 0 Å². The second kappa shape index (κ2) is 6.40. The van der Waals surface area contributed by atoms with E-state index in [0.29, 0.717) is 5.69 Å². The van der Waals surface area contributed by atoms with Crippen molar-refractivity contribution in [2.45, 2.75) is 13.8 Å². The van der Waals surface area contributed by atoms with Gasteiger partial charge >= 0.3 is 0 Å². The highest BCUT2D eigenvalue weighted by Gasteiger charge is 1.98. The maximum absolute atomic E-state index is 5.72. The summed E-state index contributed by atoms with van der Waals surface area (Å²) in [6, 6.07) is 7.46. The first-order chi connectivity index (χ1) is 7.86. The van der Waals surface area contributed by atoms with Crippen molar-refractivity contribution in [2.24, 2.45) is 0 Å². The predicted molar refractivity (Wildman–Crippen MR) is 67.5 cm³/mol. The van der Waals surface area contributed by atoms with Crippen molar-refractivity contribution in [3.05, 3.63) is 42.9 Å². The molecule has 0 radical (unpaired) electrons. The maximum Gasteiger partial charge on any atom is 0.130 e. The van der Waals surface area contributed by atoms with Gasteiger partial charge in [-0.15, -0.1) is 0 Å². The average molecular weight is 216 g/mol. The fourth-order valence-corrected chi connectivity index (χ4v) is 1.10. The molecular formula is C12H16N4.